The number of benzene rings is 1. The van der Waals surface area contributed by atoms with Crippen LogP contribution >= 0.6 is 0 Å². The van der Waals surface area contributed by atoms with E-state index in [-0.39, 0.29) is 24.1 Å². The van der Waals surface area contributed by atoms with E-state index in [9.17, 15) is 13.6 Å². The molecular formula is C30H37F2N5O2. The predicted molar refractivity (Wildman–Crippen MR) is 148 cm³/mol. The van der Waals surface area contributed by atoms with Crippen LogP contribution in [0.1, 0.15) is 69.3 Å². The van der Waals surface area contributed by atoms with Crippen molar-refractivity contribution in [3.05, 3.63) is 71.3 Å². The molecule has 0 aliphatic carbocycles. The Morgan fingerprint density at radius 1 is 1.13 bits per heavy atom. The summed E-state index contributed by atoms with van der Waals surface area (Å²) in [6.45, 7) is 10.6. The van der Waals surface area contributed by atoms with E-state index in [0.717, 1.165) is 41.8 Å². The van der Waals surface area contributed by atoms with Crippen LogP contribution < -0.4 is 10.1 Å². The first-order valence-electron chi connectivity index (χ1n) is 13.6. The highest BCUT2D eigenvalue weighted by molar-refractivity contribution is 5.76. The topological polar surface area (TPSA) is 73.5 Å². The lowest BCUT2D eigenvalue weighted by Crippen LogP contribution is -2.28. The van der Waals surface area contributed by atoms with Gasteiger partial charge in [-0.2, -0.15) is 5.10 Å². The molecule has 1 unspecified atom stereocenters. The summed E-state index contributed by atoms with van der Waals surface area (Å²) in [5, 5.41) is 7.57. The Balaban J connectivity index is 1.51. The van der Waals surface area contributed by atoms with Crippen molar-refractivity contribution in [2.75, 3.05) is 6.54 Å². The third kappa shape index (κ3) is 6.46. The summed E-state index contributed by atoms with van der Waals surface area (Å²) in [7, 11) is 0. The van der Waals surface area contributed by atoms with Crippen LogP contribution in [0.15, 0.2) is 42.9 Å². The van der Waals surface area contributed by atoms with Gasteiger partial charge in [-0.05, 0) is 56.9 Å². The first-order valence-corrected chi connectivity index (χ1v) is 13.6. The lowest BCUT2D eigenvalue weighted by molar-refractivity contribution is -0.121. The highest BCUT2D eigenvalue weighted by Crippen LogP contribution is 2.31. The number of hydrogen-bond donors (Lipinski definition) is 1. The maximum Gasteiger partial charge on any atom is 0.222 e. The Morgan fingerprint density at radius 2 is 1.85 bits per heavy atom. The summed E-state index contributed by atoms with van der Waals surface area (Å²) in [4.78, 5) is 17.2. The number of halogens is 2. The predicted octanol–water partition coefficient (Wildman–Crippen LogP) is 6.57. The van der Waals surface area contributed by atoms with Crippen molar-refractivity contribution >= 4 is 11.6 Å². The number of aromatic nitrogens is 4. The molecule has 1 atom stereocenters. The average molecular weight is 538 g/mol. The SMILES string of the molecule is CCC(CC)CCNC(=O)CC(C)n1cc(-c2c(C)nc3c(OCc4c(F)cccc4F)cc(C)cn23)cn1. The van der Waals surface area contributed by atoms with Crippen LogP contribution in [0.3, 0.4) is 0 Å². The minimum Gasteiger partial charge on any atom is -0.485 e. The fourth-order valence-corrected chi connectivity index (χ4v) is 4.88. The van der Waals surface area contributed by atoms with Gasteiger partial charge in [-0.15, -0.1) is 0 Å². The second-order valence-corrected chi connectivity index (χ2v) is 10.2. The molecule has 1 aromatic carbocycles. The normalized spacial score (nSPS) is 12.3. The largest absolute Gasteiger partial charge is 0.485 e. The van der Waals surface area contributed by atoms with Gasteiger partial charge in [0.2, 0.25) is 5.91 Å². The molecule has 0 radical (unpaired) electrons. The molecule has 1 amide bonds. The zero-order chi connectivity index (χ0) is 28.1. The first-order chi connectivity index (χ1) is 18.7. The summed E-state index contributed by atoms with van der Waals surface area (Å²) in [6.07, 6.45) is 9.19. The summed E-state index contributed by atoms with van der Waals surface area (Å²) >= 11 is 0. The number of carbonyl (C=O) groups is 1. The van der Waals surface area contributed by atoms with Gasteiger partial charge in [0.05, 0.1) is 29.2 Å². The molecule has 0 spiro atoms. The van der Waals surface area contributed by atoms with Crippen LogP contribution in [0.2, 0.25) is 0 Å². The first kappa shape index (κ1) is 28.3. The van der Waals surface area contributed by atoms with Crippen molar-refractivity contribution < 1.29 is 18.3 Å². The van der Waals surface area contributed by atoms with Gasteiger partial charge in [0.1, 0.15) is 18.2 Å². The molecule has 0 saturated carbocycles. The molecule has 208 valence electrons. The van der Waals surface area contributed by atoms with E-state index in [4.69, 9.17) is 9.72 Å². The molecule has 0 saturated heterocycles. The maximum absolute atomic E-state index is 14.1. The Morgan fingerprint density at radius 3 is 2.54 bits per heavy atom. The number of amides is 1. The van der Waals surface area contributed by atoms with E-state index in [2.05, 4.69) is 24.3 Å². The van der Waals surface area contributed by atoms with E-state index in [1.54, 1.807) is 16.9 Å². The zero-order valence-electron chi connectivity index (χ0n) is 23.3. The molecule has 39 heavy (non-hydrogen) atoms. The Labute approximate surface area is 228 Å². The summed E-state index contributed by atoms with van der Waals surface area (Å²) in [6, 6.07) is 5.43. The van der Waals surface area contributed by atoms with Crippen LogP contribution in [-0.4, -0.2) is 31.6 Å². The molecule has 7 nitrogen and oxygen atoms in total. The number of nitrogens with zero attached hydrogens (tertiary/aromatic N) is 4. The van der Waals surface area contributed by atoms with Gasteiger partial charge in [-0.1, -0.05) is 32.8 Å². The molecule has 1 N–H and O–H groups in total. The summed E-state index contributed by atoms with van der Waals surface area (Å²) in [5.74, 6) is -0.223. The van der Waals surface area contributed by atoms with Gasteiger partial charge in [0.15, 0.2) is 11.4 Å². The molecule has 0 fully saturated rings. The Kier molecular flexibility index (Phi) is 8.99. The van der Waals surface area contributed by atoms with Crippen molar-refractivity contribution in [1.29, 1.82) is 0 Å². The molecule has 4 rings (SSSR count). The molecule has 3 aromatic heterocycles. The van der Waals surface area contributed by atoms with Crippen LogP contribution in [0, 0.1) is 31.4 Å². The number of ether oxygens (including phenoxy) is 1. The molecule has 3 heterocycles. The lowest BCUT2D eigenvalue weighted by atomic mass is 10.00. The van der Waals surface area contributed by atoms with Gasteiger partial charge in [-0.3, -0.25) is 13.9 Å². The minimum absolute atomic E-state index is 0.0141. The molecular weight excluding hydrogens is 500 g/mol. The lowest BCUT2D eigenvalue weighted by Gasteiger charge is -2.15. The quantitative estimate of drug-likeness (QED) is 0.222. The molecule has 0 aliphatic rings. The Bertz CT molecular complexity index is 1420. The minimum atomic E-state index is -0.653. The highest BCUT2D eigenvalue weighted by atomic mass is 19.1. The van der Waals surface area contributed by atoms with Gasteiger partial charge < -0.3 is 10.1 Å². The van der Waals surface area contributed by atoms with Crippen LogP contribution in [0.5, 0.6) is 5.75 Å². The smallest absolute Gasteiger partial charge is 0.222 e. The van der Waals surface area contributed by atoms with Crippen LogP contribution in [0.4, 0.5) is 8.78 Å². The van der Waals surface area contributed by atoms with Gasteiger partial charge in [0, 0.05) is 30.9 Å². The number of imidazole rings is 1. The van der Waals surface area contributed by atoms with E-state index < -0.39 is 11.6 Å². The maximum atomic E-state index is 14.1. The molecule has 0 bridgehead atoms. The third-order valence-electron chi connectivity index (χ3n) is 7.27. The number of carbonyl (C=O) groups excluding carboxylic acids is 1. The number of hydrogen-bond acceptors (Lipinski definition) is 4. The number of fused-ring (bicyclic) bond motifs is 1. The second-order valence-electron chi connectivity index (χ2n) is 10.2. The van der Waals surface area contributed by atoms with Crippen LogP contribution in [-0.2, 0) is 11.4 Å². The van der Waals surface area contributed by atoms with Gasteiger partial charge >= 0.3 is 0 Å². The van der Waals surface area contributed by atoms with E-state index in [1.807, 2.05) is 37.6 Å². The van der Waals surface area contributed by atoms with Crippen molar-refractivity contribution in [2.45, 2.75) is 73.0 Å². The number of aryl methyl sites for hydroxylation is 2. The van der Waals surface area contributed by atoms with E-state index in [1.165, 1.54) is 18.2 Å². The molecule has 4 aromatic rings. The van der Waals surface area contributed by atoms with Gasteiger partial charge in [0.25, 0.3) is 0 Å². The Hall–Kier alpha value is -3.75. The summed E-state index contributed by atoms with van der Waals surface area (Å²) < 4.78 is 37.8. The standard InChI is InChI=1S/C30H37F2N5O2/c1-6-22(7-2)11-12-33-28(38)14-20(4)37-17-23(15-34-37)29-21(5)35-30-27(13-19(3)16-36(29)30)39-18-24-25(31)9-8-10-26(24)32/h8-10,13,15-17,20,22H,6-7,11-12,14,18H2,1-5H3,(H,33,38). The fourth-order valence-electron chi connectivity index (χ4n) is 4.88. The zero-order valence-corrected chi connectivity index (χ0v) is 23.3. The van der Waals surface area contributed by atoms with Crippen LogP contribution in [0.25, 0.3) is 16.9 Å². The van der Waals surface area contributed by atoms with Crippen molar-refractivity contribution in [3.63, 3.8) is 0 Å². The number of nitrogens with one attached hydrogen (secondary N) is 1. The summed E-state index contributed by atoms with van der Waals surface area (Å²) in [5.41, 5.74) is 3.75. The van der Waals surface area contributed by atoms with Crippen molar-refractivity contribution in [3.8, 4) is 17.0 Å². The monoisotopic (exact) mass is 537 g/mol. The van der Waals surface area contributed by atoms with Gasteiger partial charge in [-0.25, -0.2) is 13.8 Å². The number of pyridine rings is 1. The van der Waals surface area contributed by atoms with Crippen molar-refractivity contribution in [2.24, 2.45) is 5.92 Å². The second kappa shape index (κ2) is 12.4. The fraction of sp³-hybridized carbons (Fsp3) is 0.433. The average Bonchev–Trinajstić information content (AvgIpc) is 3.50. The third-order valence-corrected chi connectivity index (χ3v) is 7.27. The van der Waals surface area contributed by atoms with E-state index in [0.29, 0.717) is 30.3 Å². The molecule has 0 aliphatic heterocycles. The van der Waals surface area contributed by atoms with Crippen molar-refractivity contribution in [1.82, 2.24) is 24.5 Å². The van der Waals surface area contributed by atoms with E-state index >= 15 is 0 Å². The molecule has 9 heteroatoms. The highest BCUT2D eigenvalue weighted by Gasteiger charge is 2.19. The number of rotatable bonds is 12.